The van der Waals surface area contributed by atoms with Crippen LogP contribution in [0.3, 0.4) is 0 Å². The van der Waals surface area contributed by atoms with Crippen molar-refractivity contribution in [1.82, 2.24) is 4.90 Å². The van der Waals surface area contributed by atoms with E-state index in [0.29, 0.717) is 13.0 Å². The van der Waals surface area contributed by atoms with Crippen molar-refractivity contribution >= 4 is 12.1 Å². The maximum atomic E-state index is 12.6. The summed E-state index contributed by atoms with van der Waals surface area (Å²) in [7, 11) is 0. The van der Waals surface area contributed by atoms with Gasteiger partial charge in [0.25, 0.3) is 0 Å². The van der Waals surface area contributed by atoms with Crippen LogP contribution in [-0.2, 0) is 16.1 Å². The molecule has 30 heavy (non-hydrogen) atoms. The van der Waals surface area contributed by atoms with Gasteiger partial charge < -0.3 is 9.84 Å². The predicted octanol–water partition coefficient (Wildman–Crippen LogP) is 4.93. The fourth-order valence-corrected chi connectivity index (χ4v) is 3.89. The molecule has 0 spiro atoms. The van der Waals surface area contributed by atoms with Gasteiger partial charge in [0.05, 0.1) is 0 Å². The zero-order valence-corrected chi connectivity index (χ0v) is 16.5. The average molecular weight is 401 g/mol. The van der Waals surface area contributed by atoms with Gasteiger partial charge in [-0.05, 0) is 28.7 Å². The van der Waals surface area contributed by atoms with E-state index >= 15 is 0 Å². The number of likely N-dealkylation sites (tertiary alicyclic amines) is 1. The number of rotatable bonds is 5. The van der Waals surface area contributed by atoms with Crippen molar-refractivity contribution in [2.45, 2.75) is 25.0 Å². The first-order valence-electron chi connectivity index (χ1n) is 9.97. The van der Waals surface area contributed by atoms with Crippen LogP contribution in [0.15, 0.2) is 84.9 Å². The Labute approximate surface area is 175 Å². The smallest absolute Gasteiger partial charge is 0.410 e. The number of ether oxygens (including phenoxy) is 1. The SMILES string of the molecule is O=C(O)[C@@H]1CC(c2ccc(-c3ccccc3)cc2)CN1C(=O)OCc1ccccc1. The molecule has 0 aliphatic carbocycles. The molecule has 4 rings (SSSR count). The molecule has 0 radical (unpaired) electrons. The van der Waals surface area contributed by atoms with Gasteiger partial charge in [0.15, 0.2) is 0 Å². The first-order valence-corrected chi connectivity index (χ1v) is 9.97. The number of carbonyl (C=O) groups is 2. The van der Waals surface area contributed by atoms with E-state index in [-0.39, 0.29) is 12.5 Å². The molecule has 1 saturated heterocycles. The molecule has 0 saturated carbocycles. The first kappa shape index (κ1) is 19.7. The highest BCUT2D eigenvalue weighted by molar-refractivity contribution is 5.81. The number of aliphatic carboxylic acids is 1. The van der Waals surface area contributed by atoms with Gasteiger partial charge in [-0.3, -0.25) is 4.90 Å². The third-order valence-electron chi connectivity index (χ3n) is 5.51. The number of hydrogen-bond acceptors (Lipinski definition) is 3. The van der Waals surface area contributed by atoms with Gasteiger partial charge in [0.1, 0.15) is 12.6 Å². The fourth-order valence-electron chi connectivity index (χ4n) is 3.89. The molecule has 3 aromatic rings. The topological polar surface area (TPSA) is 66.8 Å². The zero-order valence-electron chi connectivity index (χ0n) is 16.5. The first-order chi connectivity index (χ1) is 14.6. The Kier molecular flexibility index (Phi) is 5.80. The van der Waals surface area contributed by atoms with Crippen LogP contribution in [0, 0.1) is 0 Å². The van der Waals surface area contributed by atoms with Crippen molar-refractivity contribution < 1.29 is 19.4 Å². The summed E-state index contributed by atoms with van der Waals surface area (Å²) < 4.78 is 5.38. The molecule has 1 amide bonds. The second kappa shape index (κ2) is 8.82. The predicted molar refractivity (Wildman–Crippen MR) is 114 cm³/mol. The molecule has 1 heterocycles. The van der Waals surface area contributed by atoms with Gasteiger partial charge in [-0.1, -0.05) is 84.9 Å². The molecule has 1 aliphatic heterocycles. The number of benzene rings is 3. The Morgan fingerprint density at radius 1 is 0.867 bits per heavy atom. The lowest BCUT2D eigenvalue weighted by Gasteiger charge is -2.21. The summed E-state index contributed by atoms with van der Waals surface area (Å²) in [4.78, 5) is 25.7. The van der Waals surface area contributed by atoms with E-state index < -0.39 is 18.1 Å². The molecule has 2 atom stereocenters. The van der Waals surface area contributed by atoms with E-state index in [4.69, 9.17) is 4.74 Å². The van der Waals surface area contributed by atoms with Crippen LogP contribution >= 0.6 is 0 Å². The second-order valence-electron chi connectivity index (χ2n) is 7.47. The van der Waals surface area contributed by atoms with E-state index in [1.807, 2.05) is 72.8 Å². The van der Waals surface area contributed by atoms with Crippen LogP contribution in [0.2, 0.25) is 0 Å². The normalized spacial score (nSPS) is 18.2. The molecule has 1 aliphatic rings. The molecule has 5 nitrogen and oxygen atoms in total. The van der Waals surface area contributed by atoms with Crippen LogP contribution in [-0.4, -0.2) is 34.7 Å². The number of carboxylic acid groups (broad SMARTS) is 1. The minimum Gasteiger partial charge on any atom is -0.480 e. The lowest BCUT2D eigenvalue weighted by atomic mass is 9.94. The largest absolute Gasteiger partial charge is 0.480 e. The Bertz CT molecular complexity index is 1000. The molecule has 3 aromatic carbocycles. The second-order valence-corrected chi connectivity index (χ2v) is 7.47. The quantitative estimate of drug-likeness (QED) is 0.658. The van der Waals surface area contributed by atoms with Gasteiger partial charge in [-0.2, -0.15) is 0 Å². The van der Waals surface area contributed by atoms with Gasteiger partial charge in [0, 0.05) is 12.5 Å². The van der Waals surface area contributed by atoms with E-state index in [2.05, 4.69) is 12.1 Å². The number of nitrogens with zero attached hydrogens (tertiary/aromatic N) is 1. The molecule has 0 bridgehead atoms. The van der Waals surface area contributed by atoms with Crippen molar-refractivity contribution in [2.24, 2.45) is 0 Å². The number of carboxylic acids is 1. The number of amides is 1. The summed E-state index contributed by atoms with van der Waals surface area (Å²) in [6.07, 6.45) is -0.213. The van der Waals surface area contributed by atoms with E-state index in [0.717, 1.165) is 22.3 Å². The minimum atomic E-state index is -1.00. The highest BCUT2D eigenvalue weighted by atomic mass is 16.6. The summed E-state index contributed by atoms with van der Waals surface area (Å²) in [5.74, 6) is -1.05. The lowest BCUT2D eigenvalue weighted by molar-refractivity contribution is -0.141. The van der Waals surface area contributed by atoms with Crippen LogP contribution < -0.4 is 0 Å². The highest BCUT2D eigenvalue weighted by Crippen LogP contribution is 2.33. The average Bonchev–Trinajstić information content (AvgIpc) is 3.25. The molecule has 5 heteroatoms. The van der Waals surface area contributed by atoms with Gasteiger partial charge >= 0.3 is 12.1 Å². The van der Waals surface area contributed by atoms with Crippen LogP contribution in [0.4, 0.5) is 4.79 Å². The lowest BCUT2D eigenvalue weighted by Crippen LogP contribution is -2.40. The Balaban J connectivity index is 1.45. The van der Waals surface area contributed by atoms with Crippen molar-refractivity contribution in [1.29, 1.82) is 0 Å². The number of carbonyl (C=O) groups excluding carboxylic acids is 1. The van der Waals surface area contributed by atoms with Gasteiger partial charge in [0.2, 0.25) is 0 Å². The maximum absolute atomic E-state index is 12.6. The van der Waals surface area contributed by atoms with Gasteiger partial charge in [-0.25, -0.2) is 9.59 Å². The third-order valence-corrected chi connectivity index (χ3v) is 5.51. The van der Waals surface area contributed by atoms with Crippen molar-refractivity contribution in [2.75, 3.05) is 6.54 Å². The molecule has 1 unspecified atom stereocenters. The summed E-state index contributed by atoms with van der Waals surface area (Å²) in [5, 5.41) is 9.63. The van der Waals surface area contributed by atoms with Gasteiger partial charge in [-0.15, -0.1) is 0 Å². The standard InChI is InChI=1S/C25H23NO4/c27-24(28)23-15-22(16-26(23)25(29)30-17-18-7-3-1-4-8-18)21-13-11-20(12-14-21)19-9-5-2-6-10-19/h1-14,22-23H,15-17H2,(H,27,28)/t22?,23-/m0/s1. The third kappa shape index (κ3) is 4.35. The molecule has 0 aromatic heterocycles. The fraction of sp³-hybridized carbons (Fsp3) is 0.200. The van der Waals surface area contributed by atoms with E-state index in [9.17, 15) is 14.7 Å². The summed E-state index contributed by atoms with van der Waals surface area (Å²) in [6, 6.07) is 26.7. The molecule has 152 valence electrons. The maximum Gasteiger partial charge on any atom is 0.410 e. The van der Waals surface area contributed by atoms with Crippen LogP contribution in [0.1, 0.15) is 23.5 Å². The van der Waals surface area contributed by atoms with Crippen LogP contribution in [0.5, 0.6) is 0 Å². The van der Waals surface area contributed by atoms with Crippen LogP contribution in [0.25, 0.3) is 11.1 Å². The van der Waals surface area contributed by atoms with Crippen molar-refractivity contribution in [3.63, 3.8) is 0 Å². The summed E-state index contributed by atoms with van der Waals surface area (Å²) in [6.45, 7) is 0.453. The van der Waals surface area contributed by atoms with Crippen molar-refractivity contribution in [3.05, 3.63) is 96.1 Å². The Morgan fingerprint density at radius 3 is 2.10 bits per heavy atom. The monoisotopic (exact) mass is 401 g/mol. The van der Waals surface area contributed by atoms with E-state index in [1.54, 1.807) is 0 Å². The minimum absolute atomic E-state index is 0.0415. The van der Waals surface area contributed by atoms with Crippen molar-refractivity contribution in [3.8, 4) is 11.1 Å². The summed E-state index contributed by atoms with van der Waals surface area (Å²) >= 11 is 0. The zero-order chi connectivity index (χ0) is 20.9. The molecular weight excluding hydrogens is 378 g/mol. The number of hydrogen-bond donors (Lipinski definition) is 1. The molecule has 1 fully saturated rings. The summed E-state index contributed by atoms with van der Waals surface area (Å²) in [5.41, 5.74) is 4.13. The Hall–Kier alpha value is -3.60. The Morgan fingerprint density at radius 2 is 1.47 bits per heavy atom. The van der Waals surface area contributed by atoms with E-state index in [1.165, 1.54) is 4.90 Å². The highest BCUT2D eigenvalue weighted by Gasteiger charge is 2.41. The molecular formula is C25H23NO4. The molecule has 1 N–H and O–H groups in total.